The third kappa shape index (κ3) is 3.35. The number of nitrogens with zero attached hydrogens (tertiary/aromatic N) is 2. The summed E-state index contributed by atoms with van der Waals surface area (Å²) in [5.41, 5.74) is 12.0. The highest BCUT2D eigenvalue weighted by atomic mass is 32.1. The quantitative estimate of drug-likeness (QED) is 0.193. The summed E-state index contributed by atoms with van der Waals surface area (Å²) in [5.74, 6) is 0.462. The lowest BCUT2D eigenvalue weighted by atomic mass is 10.1. The van der Waals surface area contributed by atoms with Gasteiger partial charge in [0.05, 0.1) is 20.4 Å². The number of rotatable bonds is 2. The molecule has 0 fully saturated rings. The van der Waals surface area contributed by atoms with Crippen LogP contribution in [0.5, 0.6) is 11.5 Å². The number of benzene rings is 5. The second kappa shape index (κ2) is 9.01. The van der Waals surface area contributed by atoms with E-state index in [1.54, 1.807) is 46.9 Å². The summed E-state index contributed by atoms with van der Waals surface area (Å²) in [6.07, 6.45) is 0. The number of phenols is 2. The van der Waals surface area contributed by atoms with Crippen LogP contribution in [0.3, 0.4) is 0 Å². The van der Waals surface area contributed by atoms with Crippen LogP contribution in [0.1, 0.15) is 11.1 Å². The average molecular weight is 661 g/mol. The van der Waals surface area contributed by atoms with Crippen LogP contribution in [0, 0.1) is 13.8 Å². The Balaban J connectivity index is 1.29. The lowest BCUT2D eigenvalue weighted by Crippen LogP contribution is -1.93. The molecule has 11 rings (SSSR count). The van der Waals surface area contributed by atoms with E-state index in [1.165, 1.54) is 0 Å². The molecule has 0 spiro atoms. The molecule has 230 valence electrons. The van der Waals surface area contributed by atoms with Gasteiger partial charge in [-0.1, -0.05) is 12.1 Å². The smallest absolute Gasteiger partial charge is 0.171 e. The van der Waals surface area contributed by atoms with Crippen molar-refractivity contribution in [3.8, 4) is 22.9 Å². The lowest BCUT2D eigenvalue weighted by molar-refractivity contribution is 0.474. The van der Waals surface area contributed by atoms with Crippen LogP contribution >= 0.6 is 22.7 Å². The van der Waals surface area contributed by atoms with Gasteiger partial charge < -0.3 is 28.2 Å². The van der Waals surface area contributed by atoms with Crippen molar-refractivity contribution < 1.29 is 19.0 Å². The fourth-order valence-corrected chi connectivity index (χ4v) is 9.87. The number of fused-ring (bicyclic) bond motifs is 14. The Kier molecular flexibility index (Phi) is 4.95. The second-order valence-electron chi connectivity index (χ2n) is 12.7. The molecular weight excluding hydrogens is 637 g/mol. The van der Waals surface area contributed by atoms with E-state index in [1.807, 2.05) is 24.3 Å². The van der Waals surface area contributed by atoms with Gasteiger partial charge in [0.15, 0.2) is 11.2 Å². The summed E-state index contributed by atoms with van der Waals surface area (Å²) >= 11 is 3.50. The first-order valence-corrected chi connectivity index (χ1v) is 17.3. The third-order valence-electron chi connectivity index (χ3n) is 9.61. The third-order valence-corrected chi connectivity index (χ3v) is 11.9. The maximum atomic E-state index is 10.1. The molecule has 5 aromatic carbocycles. The predicted molar refractivity (Wildman–Crippen MR) is 198 cm³/mol. The van der Waals surface area contributed by atoms with Crippen molar-refractivity contribution in [3.63, 3.8) is 0 Å². The standard InChI is InChI=1S/C40H24N2O4S2/c1-19-3-13-25-29(15-19)45-37-33(25)41(21-5-9-23(43)10-6-21)35-27-17-32-28(18-31(27)47-39(35)37)36-40(48-32)38-34(26-14-4-20(2)16-30(26)46-38)42(36)22-7-11-24(44)12-8-22/h3-18,43-44H,1-2H3. The van der Waals surface area contributed by atoms with Crippen molar-refractivity contribution in [2.24, 2.45) is 0 Å². The zero-order chi connectivity index (χ0) is 32.0. The SMILES string of the molecule is Cc1ccc2c(c1)oc1c3sc4cc5c(cc4c3n(-c3ccc(O)cc3)c21)sc1c2oc3cc(C)ccc3c2n(-c2ccc(O)cc2)c51. The maximum Gasteiger partial charge on any atom is 0.171 e. The molecular formula is C40H24N2O4S2. The van der Waals surface area contributed by atoms with E-state index in [2.05, 4.69) is 71.5 Å². The Labute approximate surface area is 279 Å². The monoisotopic (exact) mass is 660 g/mol. The lowest BCUT2D eigenvalue weighted by Gasteiger charge is -2.09. The topological polar surface area (TPSA) is 76.6 Å². The van der Waals surface area contributed by atoms with E-state index in [-0.39, 0.29) is 11.5 Å². The van der Waals surface area contributed by atoms with Crippen LogP contribution in [0.2, 0.25) is 0 Å². The van der Waals surface area contributed by atoms with E-state index >= 15 is 0 Å². The Hall–Kier alpha value is -5.70. The van der Waals surface area contributed by atoms with Gasteiger partial charge in [-0.3, -0.25) is 0 Å². The number of phenolic OH excluding ortho intramolecular Hbond substituents is 2. The molecule has 11 aromatic rings. The van der Waals surface area contributed by atoms with E-state index in [0.29, 0.717) is 0 Å². The number of aryl methyl sites for hydroxylation is 2. The maximum absolute atomic E-state index is 10.1. The van der Waals surface area contributed by atoms with Crippen LogP contribution < -0.4 is 0 Å². The van der Waals surface area contributed by atoms with E-state index in [9.17, 15) is 10.2 Å². The van der Waals surface area contributed by atoms with Gasteiger partial charge in [0.2, 0.25) is 0 Å². The number of aromatic hydroxyl groups is 2. The number of thiophene rings is 2. The first kappa shape index (κ1) is 26.4. The van der Waals surface area contributed by atoms with Gasteiger partial charge in [-0.25, -0.2) is 0 Å². The van der Waals surface area contributed by atoms with E-state index in [4.69, 9.17) is 8.83 Å². The normalized spacial score (nSPS) is 12.5. The highest BCUT2D eigenvalue weighted by Gasteiger charge is 2.27. The van der Waals surface area contributed by atoms with Gasteiger partial charge in [-0.05, 0) is 110 Å². The molecule has 6 nitrogen and oxygen atoms in total. The Morgan fingerprint density at radius 3 is 1.31 bits per heavy atom. The first-order chi connectivity index (χ1) is 23.4. The first-order valence-electron chi connectivity index (χ1n) is 15.7. The summed E-state index contributed by atoms with van der Waals surface area (Å²) in [6.45, 7) is 4.16. The average Bonchev–Trinajstić information content (AvgIpc) is 3.89. The van der Waals surface area contributed by atoms with Gasteiger partial charge in [-0.15, -0.1) is 22.7 Å². The summed E-state index contributed by atoms with van der Waals surface area (Å²) in [5, 5.41) is 24.7. The molecule has 0 atom stereocenters. The summed E-state index contributed by atoms with van der Waals surface area (Å²) in [7, 11) is 0. The fraction of sp³-hybridized carbons (Fsp3) is 0.0500. The number of hydrogen-bond donors (Lipinski definition) is 2. The molecule has 0 amide bonds. The molecule has 0 radical (unpaired) electrons. The van der Waals surface area contributed by atoms with Crippen LogP contribution in [0.25, 0.3) is 96.1 Å². The molecule has 0 aliphatic heterocycles. The van der Waals surface area contributed by atoms with Gasteiger partial charge in [0, 0.05) is 42.3 Å². The Morgan fingerprint density at radius 2 is 0.896 bits per heavy atom. The van der Waals surface area contributed by atoms with Crippen molar-refractivity contribution in [2.45, 2.75) is 13.8 Å². The number of hydrogen-bond acceptors (Lipinski definition) is 6. The second-order valence-corrected chi connectivity index (χ2v) is 14.8. The molecule has 2 N–H and O–H groups in total. The highest BCUT2D eigenvalue weighted by Crippen LogP contribution is 2.51. The minimum atomic E-state index is 0.231. The largest absolute Gasteiger partial charge is 0.508 e. The van der Waals surface area contributed by atoms with Crippen molar-refractivity contribution in [3.05, 3.63) is 108 Å². The molecule has 6 aromatic heterocycles. The minimum Gasteiger partial charge on any atom is -0.508 e. The minimum absolute atomic E-state index is 0.231. The van der Waals surface area contributed by atoms with Crippen molar-refractivity contribution in [1.82, 2.24) is 9.13 Å². The van der Waals surface area contributed by atoms with E-state index < -0.39 is 0 Å². The van der Waals surface area contributed by atoms with Crippen LogP contribution in [0.4, 0.5) is 0 Å². The molecule has 0 saturated carbocycles. The van der Waals surface area contributed by atoms with Crippen molar-refractivity contribution in [1.29, 1.82) is 0 Å². The Bertz CT molecular complexity index is 2930. The van der Waals surface area contributed by atoms with Crippen molar-refractivity contribution in [2.75, 3.05) is 0 Å². The summed E-state index contributed by atoms with van der Waals surface area (Å²) in [4.78, 5) is 0. The molecule has 48 heavy (non-hydrogen) atoms. The fourth-order valence-electron chi connectivity index (χ4n) is 7.49. The van der Waals surface area contributed by atoms with Gasteiger partial charge >= 0.3 is 0 Å². The van der Waals surface area contributed by atoms with Crippen molar-refractivity contribution >= 4 is 107 Å². The summed E-state index contributed by atoms with van der Waals surface area (Å²) < 4.78 is 22.3. The van der Waals surface area contributed by atoms with Gasteiger partial charge in [0.25, 0.3) is 0 Å². The van der Waals surface area contributed by atoms with Crippen LogP contribution in [-0.4, -0.2) is 19.3 Å². The molecule has 0 aliphatic carbocycles. The molecule has 6 heterocycles. The molecule has 8 heteroatoms. The van der Waals surface area contributed by atoms with Gasteiger partial charge in [-0.2, -0.15) is 0 Å². The molecule has 0 bridgehead atoms. The van der Waals surface area contributed by atoms with E-state index in [0.717, 1.165) is 107 Å². The number of furan rings is 2. The molecule has 0 aliphatic rings. The van der Waals surface area contributed by atoms with Crippen LogP contribution in [0.15, 0.2) is 106 Å². The number of aromatic nitrogens is 2. The highest BCUT2D eigenvalue weighted by molar-refractivity contribution is 7.28. The summed E-state index contributed by atoms with van der Waals surface area (Å²) in [6, 6.07) is 32.2. The van der Waals surface area contributed by atoms with Crippen LogP contribution in [-0.2, 0) is 0 Å². The molecule has 0 saturated heterocycles. The predicted octanol–water partition coefficient (Wildman–Crippen LogP) is 11.8. The molecule has 0 unspecified atom stereocenters. The Morgan fingerprint density at radius 1 is 0.479 bits per heavy atom. The zero-order valence-corrected chi connectivity index (χ0v) is 27.3. The van der Waals surface area contributed by atoms with Gasteiger partial charge in [0.1, 0.15) is 33.7 Å². The zero-order valence-electron chi connectivity index (χ0n) is 25.7.